The number of hydrogen-bond acceptors (Lipinski definition) is 3. The van der Waals surface area contributed by atoms with Crippen LogP contribution in [0.2, 0.25) is 0 Å². The molecule has 0 aromatic heterocycles. The summed E-state index contributed by atoms with van der Waals surface area (Å²) in [5.41, 5.74) is 2.43. The number of hydrogen-bond donors (Lipinski definition) is 1. The van der Waals surface area contributed by atoms with Crippen LogP contribution in [0.1, 0.15) is 5.56 Å². The molecular weight excluding hydrogens is 240 g/mol. The molecular formula is C16H14O3. The van der Waals surface area contributed by atoms with Crippen molar-refractivity contribution in [2.45, 2.75) is 0 Å². The minimum Gasteiger partial charge on any atom is -0.507 e. The molecule has 3 heteroatoms. The molecule has 0 amide bonds. The van der Waals surface area contributed by atoms with Crippen LogP contribution in [0.15, 0.2) is 54.6 Å². The zero-order valence-corrected chi connectivity index (χ0v) is 10.5. The summed E-state index contributed by atoms with van der Waals surface area (Å²) in [6.07, 6.45) is 3.03. The quantitative estimate of drug-likeness (QED) is 0.675. The Bertz CT molecular complexity index is 615. The Hall–Kier alpha value is -2.55. The molecule has 2 aromatic carbocycles. The maximum absolute atomic E-state index is 11.1. The number of ether oxygens (including phenoxy) is 1. The van der Waals surface area contributed by atoms with Crippen molar-refractivity contribution in [3.63, 3.8) is 0 Å². The number of phenolic OH excluding ortho intramolecular Hbond substituents is 1. The van der Waals surface area contributed by atoms with Gasteiger partial charge in [0.1, 0.15) is 5.75 Å². The summed E-state index contributed by atoms with van der Waals surface area (Å²) in [5.74, 6) is -0.200. The summed E-state index contributed by atoms with van der Waals surface area (Å²) in [6.45, 7) is 0. The predicted octanol–water partition coefficient (Wildman–Crippen LogP) is 3.25. The summed E-state index contributed by atoms with van der Waals surface area (Å²) < 4.78 is 4.57. The van der Waals surface area contributed by atoms with Crippen molar-refractivity contribution >= 4 is 12.0 Å². The molecule has 3 nitrogen and oxygen atoms in total. The third-order valence-corrected chi connectivity index (χ3v) is 2.76. The van der Waals surface area contributed by atoms with Gasteiger partial charge in [0.15, 0.2) is 0 Å². The van der Waals surface area contributed by atoms with Gasteiger partial charge in [-0.2, -0.15) is 0 Å². The van der Waals surface area contributed by atoms with E-state index in [1.165, 1.54) is 13.2 Å². The lowest BCUT2D eigenvalue weighted by Crippen LogP contribution is -1.93. The molecule has 2 aromatic rings. The molecule has 0 aliphatic rings. The number of esters is 1. The number of carbonyl (C=O) groups is 1. The molecule has 2 rings (SSSR count). The van der Waals surface area contributed by atoms with Gasteiger partial charge in [0.25, 0.3) is 0 Å². The van der Waals surface area contributed by atoms with Crippen LogP contribution in [0.3, 0.4) is 0 Å². The van der Waals surface area contributed by atoms with E-state index >= 15 is 0 Å². The summed E-state index contributed by atoms with van der Waals surface area (Å²) in [6, 6.07) is 14.6. The summed E-state index contributed by atoms with van der Waals surface area (Å²) in [4.78, 5) is 11.1. The average Bonchev–Trinajstić information content (AvgIpc) is 2.45. The molecule has 1 N–H and O–H groups in total. The van der Waals surface area contributed by atoms with Crippen molar-refractivity contribution in [3.05, 3.63) is 60.2 Å². The summed E-state index contributed by atoms with van der Waals surface area (Å²) in [5, 5.41) is 9.90. The maximum Gasteiger partial charge on any atom is 0.330 e. The lowest BCUT2D eigenvalue weighted by Gasteiger charge is -2.08. The molecule has 0 aliphatic carbocycles. The molecule has 0 aliphatic heterocycles. The fraction of sp³-hybridized carbons (Fsp3) is 0.0625. The summed E-state index contributed by atoms with van der Waals surface area (Å²) in [7, 11) is 1.33. The van der Waals surface area contributed by atoms with E-state index in [4.69, 9.17) is 0 Å². The molecule has 0 unspecified atom stereocenters. The summed E-state index contributed by atoms with van der Waals surface area (Å²) >= 11 is 0. The molecule has 0 saturated heterocycles. The molecule has 0 bridgehead atoms. The lowest BCUT2D eigenvalue weighted by atomic mass is 9.98. The first-order valence-corrected chi connectivity index (χ1v) is 5.86. The Morgan fingerprint density at radius 1 is 1.05 bits per heavy atom. The Morgan fingerprint density at radius 3 is 2.37 bits per heavy atom. The normalized spacial score (nSPS) is 10.6. The molecule has 0 heterocycles. The molecule has 0 radical (unpaired) electrons. The highest BCUT2D eigenvalue weighted by molar-refractivity contribution is 5.89. The zero-order valence-electron chi connectivity index (χ0n) is 10.5. The Kier molecular flexibility index (Phi) is 3.98. The number of methoxy groups -OCH3 is 1. The van der Waals surface area contributed by atoms with E-state index in [2.05, 4.69) is 4.74 Å². The topological polar surface area (TPSA) is 46.5 Å². The van der Waals surface area contributed by atoms with Gasteiger partial charge in [0, 0.05) is 11.6 Å². The second-order valence-corrected chi connectivity index (χ2v) is 3.96. The lowest BCUT2D eigenvalue weighted by molar-refractivity contribution is -0.134. The first kappa shape index (κ1) is 12.9. The van der Waals surface area contributed by atoms with E-state index in [-0.39, 0.29) is 5.75 Å². The second kappa shape index (κ2) is 5.87. The van der Waals surface area contributed by atoms with Crippen LogP contribution in [0.25, 0.3) is 17.2 Å². The highest BCUT2D eigenvalue weighted by Crippen LogP contribution is 2.31. The Labute approximate surface area is 111 Å². The largest absolute Gasteiger partial charge is 0.507 e. The van der Waals surface area contributed by atoms with E-state index in [1.807, 2.05) is 36.4 Å². The van der Waals surface area contributed by atoms with E-state index in [1.54, 1.807) is 18.2 Å². The monoisotopic (exact) mass is 254 g/mol. The van der Waals surface area contributed by atoms with E-state index in [0.29, 0.717) is 0 Å². The van der Waals surface area contributed by atoms with Crippen molar-refractivity contribution in [3.8, 4) is 16.9 Å². The van der Waals surface area contributed by atoms with Gasteiger partial charge in [-0.15, -0.1) is 0 Å². The van der Waals surface area contributed by atoms with Crippen molar-refractivity contribution in [1.82, 2.24) is 0 Å². The number of rotatable bonds is 3. The van der Waals surface area contributed by atoms with Crippen LogP contribution in [-0.2, 0) is 9.53 Å². The molecule has 0 spiro atoms. The van der Waals surface area contributed by atoms with Crippen LogP contribution < -0.4 is 0 Å². The molecule has 0 fully saturated rings. The van der Waals surface area contributed by atoms with Gasteiger partial charge in [-0.1, -0.05) is 42.5 Å². The number of para-hydroxylation sites is 1. The van der Waals surface area contributed by atoms with Gasteiger partial charge in [-0.3, -0.25) is 0 Å². The van der Waals surface area contributed by atoms with Crippen molar-refractivity contribution < 1.29 is 14.6 Å². The van der Waals surface area contributed by atoms with Gasteiger partial charge >= 0.3 is 5.97 Å². The van der Waals surface area contributed by atoms with Gasteiger partial charge in [-0.05, 0) is 23.3 Å². The first-order valence-electron chi connectivity index (χ1n) is 5.86. The van der Waals surface area contributed by atoms with E-state index in [9.17, 15) is 9.90 Å². The third kappa shape index (κ3) is 3.01. The van der Waals surface area contributed by atoms with Crippen LogP contribution in [0, 0.1) is 0 Å². The molecule has 0 atom stereocenters. The van der Waals surface area contributed by atoms with Gasteiger partial charge < -0.3 is 9.84 Å². The zero-order chi connectivity index (χ0) is 13.7. The third-order valence-electron chi connectivity index (χ3n) is 2.76. The highest BCUT2D eigenvalue weighted by Gasteiger charge is 2.06. The molecule has 0 saturated carbocycles. The van der Waals surface area contributed by atoms with Crippen molar-refractivity contribution in [2.24, 2.45) is 0 Å². The Balaban J connectivity index is 2.45. The van der Waals surface area contributed by atoms with Crippen LogP contribution in [0.4, 0.5) is 0 Å². The van der Waals surface area contributed by atoms with Crippen LogP contribution >= 0.6 is 0 Å². The minimum atomic E-state index is -0.410. The Morgan fingerprint density at radius 2 is 1.68 bits per heavy atom. The first-order chi connectivity index (χ1) is 9.22. The number of phenols is 1. The van der Waals surface area contributed by atoms with Crippen molar-refractivity contribution in [2.75, 3.05) is 7.11 Å². The van der Waals surface area contributed by atoms with E-state index < -0.39 is 5.97 Å². The van der Waals surface area contributed by atoms with Gasteiger partial charge in [-0.25, -0.2) is 4.79 Å². The second-order valence-electron chi connectivity index (χ2n) is 3.96. The molecule has 96 valence electrons. The van der Waals surface area contributed by atoms with Crippen molar-refractivity contribution in [1.29, 1.82) is 0 Å². The average molecular weight is 254 g/mol. The number of aromatic hydroxyl groups is 1. The fourth-order valence-electron chi connectivity index (χ4n) is 1.81. The molecule has 19 heavy (non-hydrogen) atoms. The minimum absolute atomic E-state index is 0.210. The SMILES string of the molecule is COC(=O)/C=C/c1ccccc1-c1ccccc1O. The van der Waals surface area contributed by atoms with Gasteiger partial charge in [0.05, 0.1) is 7.11 Å². The van der Waals surface area contributed by atoms with E-state index in [0.717, 1.165) is 16.7 Å². The van der Waals surface area contributed by atoms with Crippen LogP contribution in [-0.4, -0.2) is 18.2 Å². The van der Waals surface area contributed by atoms with Gasteiger partial charge in [0.2, 0.25) is 0 Å². The fourth-order valence-corrected chi connectivity index (χ4v) is 1.81. The highest BCUT2D eigenvalue weighted by atomic mass is 16.5. The number of carbonyl (C=O) groups excluding carboxylic acids is 1. The van der Waals surface area contributed by atoms with Crippen LogP contribution in [0.5, 0.6) is 5.75 Å². The predicted molar refractivity (Wildman–Crippen MR) is 74.6 cm³/mol. The standard InChI is InChI=1S/C16H14O3/c1-19-16(18)11-10-12-6-2-3-7-13(12)14-8-4-5-9-15(14)17/h2-11,17H,1H3/b11-10+. The maximum atomic E-state index is 11.1. The number of benzene rings is 2. The smallest absolute Gasteiger partial charge is 0.330 e.